The summed E-state index contributed by atoms with van der Waals surface area (Å²) in [6.45, 7) is 4.06. The Kier molecular flexibility index (Phi) is 4.46. The number of carbonyl (C=O) groups is 2. The van der Waals surface area contributed by atoms with Crippen LogP contribution in [-0.4, -0.2) is 59.3 Å². The Morgan fingerprint density at radius 1 is 1.35 bits per heavy atom. The first kappa shape index (κ1) is 14.2. The van der Waals surface area contributed by atoms with Crippen molar-refractivity contribution in [1.29, 1.82) is 0 Å². The maximum Gasteiger partial charge on any atom is 0.269 e. The Bertz CT molecular complexity index is 484. The number of hydrogen-bond acceptors (Lipinski definition) is 6. The SMILES string of the molecule is CC(Nc1ccc(C(N)=O)nn1)C(=O)N1CCOCC1. The Morgan fingerprint density at radius 2 is 2.05 bits per heavy atom. The minimum atomic E-state index is -0.638. The van der Waals surface area contributed by atoms with Gasteiger partial charge in [-0.25, -0.2) is 0 Å². The highest BCUT2D eigenvalue weighted by Crippen LogP contribution is 2.07. The summed E-state index contributed by atoms with van der Waals surface area (Å²) in [5.74, 6) is -0.236. The molecule has 1 atom stereocenters. The van der Waals surface area contributed by atoms with E-state index in [-0.39, 0.29) is 11.6 Å². The van der Waals surface area contributed by atoms with Gasteiger partial charge in [0.15, 0.2) is 5.69 Å². The fraction of sp³-hybridized carbons (Fsp3) is 0.500. The quantitative estimate of drug-likeness (QED) is 0.749. The van der Waals surface area contributed by atoms with Crippen molar-refractivity contribution < 1.29 is 14.3 Å². The molecule has 1 aliphatic rings. The molecule has 0 saturated carbocycles. The standard InChI is InChI=1S/C12H17N5O3/c1-8(12(19)17-4-6-20-7-5-17)14-10-3-2-9(11(13)18)15-16-10/h2-3,8H,4-7H2,1H3,(H2,13,18)(H,14,16). The summed E-state index contributed by atoms with van der Waals surface area (Å²) >= 11 is 0. The fourth-order valence-electron chi connectivity index (χ4n) is 1.88. The van der Waals surface area contributed by atoms with Gasteiger partial charge in [-0.1, -0.05) is 0 Å². The molecule has 0 aromatic carbocycles. The zero-order chi connectivity index (χ0) is 14.5. The van der Waals surface area contributed by atoms with Crippen molar-refractivity contribution in [3.05, 3.63) is 17.8 Å². The molecule has 1 saturated heterocycles. The molecule has 0 radical (unpaired) electrons. The largest absolute Gasteiger partial charge is 0.378 e. The number of ether oxygens (including phenoxy) is 1. The van der Waals surface area contributed by atoms with Crippen LogP contribution in [0.2, 0.25) is 0 Å². The van der Waals surface area contributed by atoms with Gasteiger partial charge in [0.25, 0.3) is 5.91 Å². The summed E-state index contributed by atoms with van der Waals surface area (Å²) in [6, 6.07) is 2.60. The maximum absolute atomic E-state index is 12.2. The van der Waals surface area contributed by atoms with Gasteiger partial charge < -0.3 is 20.7 Å². The minimum absolute atomic E-state index is 0.0194. The first-order valence-electron chi connectivity index (χ1n) is 6.34. The molecule has 0 aliphatic carbocycles. The number of amides is 2. The van der Waals surface area contributed by atoms with E-state index in [1.165, 1.54) is 6.07 Å². The number of primary amides is 1. The Labute approximate surface area is 116 Å². The van der Waals surface area contributed by atoms with Gasteiger partial charge in [0.05, 0.1) is 13.2 Å². The van der Waals surface area contributed by atoms with Gasteiger partial charge in [0, 0.05) is 13.1 Å². The molecule has 0 spiro atoms. The van der Waals surface area contributed by atoms with E-state index in [0.29, 0.717) is 32.1 Å². The van der Waals surface area contributed by atoms with Gasteiger partial charge in [-0.3, -0.25) is 9.59 Å². The predicted molar refractivity (Wildman–Crippen MR) is 71.0 cm³/mol. The van der Waals surface area contributed by atoms with Crippen molar-refractivity contribution in [2.24, 2.45) is 5.73 Å². The second kappa shape index (κ2) is 6.29. The molecular weight excluding hydrogens is 262 g/mol. The molecule has 2 amide bonds. The van der Waals surface area contributed by atoms with Crippen LogP contribution in [0.5, 0.6) is 0 Å². The molecule has 2 heterocycles. The topological polar surface area (TPSA) is 110 Å². The van der Waals surface area contributed by atoms with E-state index in [2.05, 4.69) is 15.5 Å². The number of aromatic nitrogens is 2. The highest BCUT2D eigenvalue weighted by atomic mass is 16.5. The summed E-state index contributed by atoms with van der Waals surface area (Å²) in [6.07, 6.45) is 0. The van der Waals surface area contributed by atoms with Crippen LogP contribution in [0.4, 0.5) is 5.82 Å². The zero-order valence-corrected chi connectivity index (χ0v) is 11.2. The van der Waals surface area contributed by atoms with Gasteiger partial charge in [-0.15, -0.1) is 10.2 Å². The number of rotatable bonds is 4. The Morgan fingerprint density at radius 3 is 2.60 bits per heavy atom. The van der Waals surface area contributed by atoms with Crippen molar-refractivity contribution in [1.82, 2.24) is 15.1 Å². The third-order valence-corrected chi connectivity index (χ3v) is 2.97. The summed E-state index contributed by atoms with van der Waals surface area (Å²) in [5.41, 5.74) is 5.16. The number of hydrogen-bond donors (Lipinski definition) is 2. The van der Waals surface area contributed by atoms with Gasteiger partial charge in [0.2, 0.25) is 5.91 Å². The molecule has 1 fully saturated rings. The number of nitrogens with one attached hydrogen (secondary N) is 1. The molecule has 1 aromatic rings. The van der Waals surface area contributed by atoms with Crippen LogP contribution in [-0.2, 0) is 9.53 Å². The molecule has 3 N–H and O–H groups in total. The van der Waals surface area contributed by atoms with Crippen LogP contribution in [0.1, 0.15) is 17.4 Å². The first-order chi connectivity index (χ1) is 9.58. The van der Waals surface area contributed by atoms with E-state index in [4.69, 9.17) is 10.5 Å². The lowest BCUT2D eigenvalue weighted by Crippen LogP contribution is -2.47. The van der Waals surface area contributed by atoms with Gasteiger partial charge in [0.1, 0.15) is 11.9 Å². The third-order valence-electron chi connectivity index (χ3n) is 2.97. The lowest BCUT2D eigenvalue weighted by Gasteiger charge is -2.29. The molecule has 8 heteroatoms. The fourth-order valence-corrected chi connectivity index (χ4v) is 1.88. The maximum atomic E-state index is 12.2. The van der Waals surface area contributed by atoms with Crippen molar-refractivity contribution in [2.75, 3.05) is 31.6 Å². The van der Waals surface area contributed by atoms with Gasteiger partial charge >= 0.3 is 0 Å². The van der Waals surface area contributed by atoms with E-state index < -0.39 is 11.9 Å². The monoisotopic (exact) mass is 279 g/mol. The summed E-state index contributed by atoms with van der Waals surface area (Å²) in [7, 11) is 0. The molecule has 8 nitrogen and oxygen atoms in total. The van der Waals surface area contributed by atoms with Crippen LogP contribution < -0.4 is 11.1 Å². The average Bonchev–Trinajstić information content (AvgIpc) is 2.48. The zero-order valence-electron chi connectivity index (χ0n) is 11.2. The lowest BCUT2D eigenvalue weighted by molar-refractivity contribution is -0.135. The Hall–Kier alpha value is -2.22. The highest BCUT2D eigenvalue weighted by molar-refractivity contribution is 5.90. The number of anilines is 1. The first-order valence-corrected chi connectivity index (χ1v) is 6.34. The van der Waals surface area contributed by atoms with E-state index in [0.717, 1.165) is 0 Å². The minimum Gasteiger partial charge on any atom is -0.378 e. The van der Waals surface area contributed by atoms with Crippen molar-refractivity contribution in [3.8, 4) is 0 Å². The molecule has 1 aliphatic heterocycles. The highest BCUT2D eigenvalue weighted by Gasteiger charge is 2.22. The number of nitrogens with two attached hydrogens (primary N) is 1. The smallest absolute Gasteiger partial charge is 0.269 e. The van der Waals surface area contributed by atoms with E-state index in [1.807, 2.05) is 0 Å². The third kappa shape index (κ3) is 3.41. The van der Waals surface area contributed by atoms with Crippen molar-refractivity contribution in [3.63, 3.8) is 0 Å². The Balaban J connectivity index is 1.94. The van der Waals surface area contributed by atoms with Gasteiger partial charge in [-0.2, -0.15) is 0 Å². The van der Waals surface area contributed by atoms with Crippen molar-refractivity contribution in [2.45, 2.75) is 13.0 Å². The summed E-state index contributed by atoms with van der Waals surface area (Å²) < 4.78 is 5.20. The van der Waals surface area contributed by atoms with Gasteiger partial charge in [-0.05, 0) is 19.1 Å². The van der Waals surface area contributed by atoms with Crippen LogP contribution in [0.25, 0.3) is 0 Å². The molecule has 1 unspecified atom stereocenters. The second-order valence-electron chi connectivity index (χ2n) is 4.47. The summed E-state index contributed by atoms with van der Waals surface area (Å²) in [4.78, 5) is 24.8. The number of nitrogens with zero attached hydrogens (tertiary/aromatic N) is 3. The second-order valence-corrected chi connectivity index (χ2v) is 4.47. The molecule has 20 heavy (non-hydrogen) atoms. The van der Waals surface area contributed by atoms with Crippen LogP contribution >= 0.6 is 0 Å². The average molecular weight is 279 g/mol. The molecular formula is C12H17N5O3. The predicted octanol–water partition coefficient (Wildman–Crippen LogP) is -0.765. The van der Waals surface area contributed by atoms with E-state index in [9.17, 15) is 9.59 Å². The van der Waals surface area contributed by atoms with Crippen LogP contribution in [0, 0.1) is 0 Å². The molecule has 1 aromatic heterocycles. The molecule has 108 valence electrons. The van der Waals surface area contributed by atoms with E-state index in [1.54, 1.807) is 17.9 Å². The van der Waals surface area contributed by atoms with Crippen molar-refractivity contribution >= 4 is 17.6 Å². The van der Waals surface area contributed by atoms with Crippen LogP contribution in [0.3, 0.4) is 0 Å². The van der Waals surface area contributed by atoms with Crippen LogP contribution in [0.15, 0.2) is 12.1 Å². The number of morpholine rings is 1. The lowest BCUT2D eigenvalue weighted by atomic mass is 10.2. The normalized spacial score (nSPS) is 16.6. The van der Waals surface area contributed by atoms with E-state index >= 15 is 0 Å². The molecule has 2 rings (SSSR count). The number of carbonyl (C=O) groups excluding carboxylic acids is 2. The summed E-state index contributed by atoms with van der Waals surface area (Å²) in [5, 5.41) is 10.4. The molecule has 0 bridgehead atoms.